The number of aliphatic hydroxyl groups excluding tert-OH is 1. The first kappa shape index (κ1) is 13.5. The molecule has 1 aromatic carbocycles. The zero-order valence-corrected chi connectivity index (χ0v) is 11.7. The van der Waals surface area contributed by atoms with Crippen molar-refractivity contribution in [3.8, 4) is 0 Å². The van der Waals surface area contributed by atoms with E-state index in [0.717, 1.165) is 22.6 Å². The number of hydrogen-bond donors (Lipinski definition) is 1. The van der Waals surface area contributed by atoms with Gasteiger partial charge in [0.15, 0.2) is 0 Å². The largest absolute Gasteiger partial charge is 0.466 e. The molecule has 1 unspecified atom stereocenters. The first-order chi connectivity index (χ1) is 8.47. The Labute approximate surface area is 116 Å². The predicted octanol–water partition coefficient (Wildman–Crippen LogP) is 4.48. The van der Waals surface area contributed by atoms with Gasteiger partial charge in [0.1, 0.15) is 11.5 Å². The van der Waals surface area contributed by atoms with Crippen molar-refractivity contribution in [2.75, 3.05) is 0 Å². The van der Waals surface area contributed by atoms with Crippen LogP contribution in [0, 0.1) is 13.8 Å². The molecular formula is C14H14Cl2O2. The molecule has 0 saturated carbocycles. The number of furan rings is 1. The maximum atomic E-state index is 10.2. The molecule has 0 bridgehead atoms. The van der Waals surface area contributed by atoms with E-state index in [2.05, 4.69) is 0 Å². The van der Waals surface area contributed by atoms with Gasteiger partial charge >= 0.3 is 0 Å². The van der Waals surface area contributed by atoms with Gasteiger partial charge in [0.05, 0.1) is 6.10 Å². The van der Waals surface area contributed by atoms with Gasteiger partial charge in [-0.05, 0) is 43.7 Å². The zero-order valence-electron chi connectivity index (χ0n) is 10.2. The highest BCUT2D eigenvalue weighted by atomic mass is 35.5. The van der Waals surface area contributed by atoms with Crippen LogP contribution in [-0.4, -0.2) is 5.11 Å². The molecule has 1 aromatic heterocycles. The molecule has 0 amide bonds. The van der Waals surface area contributed by atoms with Gasteiger partial charge in [-0.1, -0.05) is 23.2 Å². The quantitative estimate of drug-likeness (QED) is 0.902. The fraction of sp³-hybridized carbons (Fsp3) is 0.286. The maximum absolute atomic E-state index is 10.2. The molecule has 2 aromatic rings. The van der Waals surface area contributed by atoms with Crippen LogP contribution < -0.4 is 0 Å². The summed E-state index contributed by atoms with van der Waals surface area (Å²) in [6.45, 7) is 3.70. The van der Waals surface area contributed by atoms with Crippen molar-refractivity contribution in [1.29, 1.82) is 0 Å². The molecule has 0 aliphatic rings. The highest BCUT2D eigenvalue weighted by Crippen LogP contribution is 2.28. The molecule has 96 valence electrons. The smallest absolute Gasteiger partial charge is 0.106 e. The van der Waals surface area contributed by atoms with Crippen molar-refractivity contribution in [2.24, 2.45) is 0 Å². The maximum Gasteiger partial charge on any atom is 0.106 e. The van der Waals surface area contributed by atoms with Gasteiger partial charge in [0.25, 0.3) is 0 Å². The molecule has 0 aliphatic carbocycles. The van der Waals surface area contributed by atoms with Crippen LogP contribution in [0.5, 0.6) is 0 Å². The second-order valence-corrected chi connectivity index (χ2v) is 5.17. The predicted molar refractivity (Wildman–Crippen MR) is 73.3 cm³/mol. The Morgan fingerprint density at radius 2 is 1.94 bits per heavy atom. The molecule has 4 heteroatoms. The summed E-state index contributed by atoms with van der Waals surface area (Å²) in [6.07, 6.45) is -0.224. The summed E-state index contributed by atoms with van der Waals surface area (Å²) in [7, 11) is 0. The number of aliphatic hydroxyl groups is 1. The molecular weight excluding hydrogens is 271 g/mol. The number of hydrogen-bond acceptors (Lipinski definition) is 2. The van der Waals surface area contributed by atoms with Crippen LogP contribution in [0.25, 0.3) is 0 Å². The van der Waals surface area contributed by atoms with Crippen LogP contribution in [0.1, 0.15) is 28.8 Å². The average molecular weight is 285 g/mol. The van der Waals surface area contributed by atoms with Crippen molar-refractivity contribution in [2.45, 2.75) is 26.4 Å². The van der Waals surface area contributed by atoms with E-state index in [9.17, 15) is 5.11 Å². The molecule has 0 spiro atoms. The summed E-state index contributed by atoms with van der Waals surface area (Å²) in [5, 5.41) is 11.4. The monoisotopic (exact) mass is 284 g/mol. The van der Waals surface area contributed by atoms with Gasteiger partial charge < -0.3 is 9.52 Å². The summed E-state index contributed by atoms with van der Waals surface area (Å²) >= 11 is 12.0. The Bertz CT molecular complexity index is 561. The minimum atomic E-state index is -0.640. The number of rotatable bonds is 3. The minimum Gasteiger partial charge on any atom is -0.466 e. The van der Waals surface area contributed by atoms with Gasteiger partial charge in [-0.2, -0.15) is 0 Å². The number of halogens is 2. The van der Waals surface area contributed by atoms with Gasteiger partial charge in [0, 0.05) is 22.0 Å². The second-order valence-electron chi connectivity index (χ2n) is 4.32. The summed E-state index contributed by atoms with van der Waals surface area (Å²) in [5.74, 6) is 1.52. The van der Waals surface area contributed by atoms with Crippen LogP contribution >= 0.6 is 23.2 Å². The van der Waals surface area contributed by atoms with Crippen LogP contribution in [0.4, 0.5) is 0 Å². The van der Waals surface area contributed by atoms with E-state index in [1.54, 1.807) is 18.2 Å². The molecule has 0 fully saturated rings. The zero-order chi connectivity index (χ0) is 13.3. The molecule has 2 rings (SSSR count). The van der Waals surface area contributed by atoms with E-state index in [1.807, 2.05) is 19.9 Å². The highest BCUT2D eigenvalue weighted by Gasteiger charge is 2.16. The summed E-state index contributed by atoms with van der Waals surface area (Å²) < 4.78 is 5.41. The fourth-order valence-electron chi connectivity index (χ4n) is 2.00. The van der Waals surface area contributed by atoms with Crippen molar-refractivity contribution >= 4 is 23.2 Å². The normalized spacial score (nSPS) is 12.7. The molecule has 1 N–H and O–H groups in total. The van der Waals surface area contributed by atoms with Gasteiger partial charge in [-0.25, -0.2) is 0 Å². The van der Waals surface area contributed by atoms with E-state index in [4.69, 9.17) is 27.6 Å². The van der Waals surface area contributed by atoms with Crippen LogP contribution in [0.3, 0.4) is 0 Å². The lowest BCUT2D eigenvalue weighted by Gasteiger charge is -2.11. The van der Waals surface area contributed by atoms with Crippen LogP contribution in [-0.2, 0) is 6.42 Å². The number of benzene rings is 1. The van der Waals surface area contributed by atoms with Gasteiger partial charge in [-0.3, -0.25) is 0 Å². The Morgan fingerprint density at radius 1 is 1.22 bits per heavy atom. The summed E-state index contributed by atoms with van der Waals surface area (Å²) in [4.78, 5) is 0. The first-order valence-corrected chi connectivity index (χ1v) is 6.42. The summed E-state index contributed by atoms with van der Waals surface area (Å²) in [5.41, 5.74) is 1.62. The molecule has 0 saturated heterocycles. The van der Waals surface area contributed by atoms with Crippen molar-refractivity contribution in [3.05, 3.63) is 57.0 Å². The third-order valence-corrected chi connectivity index (χ3v) is 3.46. The Kier molecular flexibility index (Phi) is 4.00. The Hall–Kier alpha value is -0.960. The lowest BCUT2D eigenvalue weighted by Crippen LogP contribution is -2.02. The molecule has 18 heavy (non-hydrogen) atoms. The van der Waals surface area contributed by atoms with E-state index in [-0.39, 0.29) is 0 Å². The summed E-state index contributed by atoms with van der Waals surface area (Å²) in [6, 6.07) is 7.08. The molecule has 1 heterocycles. The topological polar surface area (TPSA) is 33.4 Å². The molecule has 2 nitrogen and oxygen atoms in total. The molecule has 0 radical (unpaired) electrons. The standard InChI is InChI=1S/C14H14Cl2O2/c1-8-5-12(9(2)18-8)14(17)7-10-6-11(15)3-4-13(10)16/h3-6,14,17H,7H2,1-2H3. The van der Waals surface area contributed by atoms with E-state index < -0.39 is 6.10 Å². The Balaban J connectivity index is 2.23. The minimum absolute atomic E-state index is 0.416. The fourth-order valence-corrected chi connectivity index (χ4v) is 2.39. The number of aryl methyl sites for hydroxylation is 2. The lowest BCUT2D eigenvalue weighted by molar-refractivity contribution is 0.176. The van der Waals surface area contributed by atoms with Gasteiger partial charge in [0.2, 0.25) is 0 Å². The first-order valence-electron chi connectivity index (χ1n) is 5.66. The highest BCUT2D eigenvalue weighted by molar-refractivity contribution is 6.33. The van der Waals surface area contributed by atoms with Gasteiger partial charge in [-0.15, -0.1) is 0 Å². The third-order valence-electron chi connectivity index (χ3n) is 2.86. The second kappa shape index (κ2) is 5.35. The van der Waals surface area contributed by atoms with E-state index >= 15 is 0 Å². The SMILES string of the molecule is Cc1cc(C(O)Cc2cc(Cl)ccc2Cl)c(C)o1. The van der Waals surface area contributed by atoms with Crippen LogP contribution in [0.15, 0.2) is 28.7 Å². The molecule has 1 atom stereocenters. The van der Waals surface area contributed by atoms with E-state index in [0.29, 0.717) is 16.5 Å². The van der Waals surface area contributed by atoms with Crippen LogP contribution in [0.2, 0.25) is 10.0 Å². The van der Waals surface area contributed by atoms with Crippen molar-refractivity contribution in [1.82, 2.24) is 0 Å². The average Bonchev–Trinajstić information content (AvgIpc) is 2.63. The lowest BCUT2D eigenvalue weighted by atomic mass is 10.0. The van der Waals surface area contributed by atoms with E-state index in [1.165, 1.54) is 0 Å². The van der Waals surface area contributed by atoms with Crippen molar-refractivity contribution < 1.29 is 9.52 Å². The van der Waals surface area contributed by atoms with Crippen molar-refractivity contribution in [3.63, 3.8) is 0 Å². The molecule has 0 aliphatic heterocycles. The third kappa shape index (κ3) is 2.89. The Morgan fingerprint density at radius 3 is 2.56 bits per heavy atom.